The molecule has 0 unspecified atom stereocenters. The number of nitrogens with zero attached hydrogens (tertiary/aromatic N) is 4. The first-order valence-corrected chi connectivity index (χ1v) is 6.10. The molecule has 100 valence electrons. The number of fused-ring (bicyclic) bond motifs is 3. The van der Waals surface area contributed by atoms with Gasteiger partial charge >= 0.3 is 5.69 Å². The Balaban J connectivity index is 2.62. The second kappa shape index (κ2) is 3.59. The second-order valence-electron chi connectivity index (χ2n) is 5.01. The van der Waals surface area contributed by atoms with Gasteiger partial charge in [-0.1, -0.05) is 0 Å². The molecule has 0 radical (unpaired) electrons. The lowest BCUT2D eigenvalue weighted by Crippen LogP contribution is -2.28. The first kappa shape index (κ1) is 11.8. The molecule has 0 saturated heterocycles. The number of imidazole rings is 2. The van der Waals surface area contributed by atoms with Crippen molar-refractivity contribution in [2.24, 2.45) is 7.05 Å². The zero-order chi connectivity index (χ0) is 13.9. The lowest BCUT2D eigenvalue weighted by atomic mass is 10.3. The fraction of sp³-hybridized carbons (Fsp3) is 0.417. The van der Waals surface area contributed by atoms with Gasteiger partial charge in [0.05, 0.1) is 0 Å². The Morgan fingerprint density at radius 3 is 2.63 bits per heavy atom. The fourth-order valence-corrected chi connectivity index (χ4v) is 2.53. The highest BCUT2D eigenvalue weighted by Crippen LogP contribution is 2.19. The van der Waals surface area contributed by atoms with Crippen LogP contribution in [-0.4, -0.2) is 23.5 Å². The van der Waals surface area contributed by atoms with Crippen molar-refractivity contribution < 1.29 is 0 Å². The molecule has 0 saturated carbocycles. The fourth-order valence-electron chi connectivity index (χ4n) is 2.53. The van der Waals surface area contributed by atoms with Crippen molar-refractivity contribution in [2.75, 3.05) is 0 Å². The van der Waals surface area contributed by atoms with Crippen molar-refractivity contribution in [1.82, 2.24) is 23.5 Å². The molecule has 0 aliphatic rings. The van der Waals surface area contributed by atoms with Crippen molar-refractivity contribution in [2.45, 2.75) is 26.8 Å². The van der Waals surface area contributed by atoms with Gasteiger partial charge in [0.15, 0.2) is 11.2 Å². The maximum atomic E-state index is 12.0. The van der Waals surface area contributed by atoms with Gasteiger partial charge in [-0.25, -0.2) is 4.79 Å². The maximum Gasteiger partial charge on any atom is 0.329 e. The number of rotatable bonds is 1. The van der Waals surface area contributed by atoms with Crippen molar-refractivity contribution in [3.63, 3.8) is 0 Å². The summed E-state index contributed by atoms with van der Waals surface area (Å²) in [6.07, 6.45) is 1.87. The normalized spacial score (nSPS) is 12.1. The zero-order valence-electron chi connectivity index (χ0n) is 11.3. The number of hydrogen-bond donors (Lipinski definition) is 1. The Morgan fingerprint density at radius 2 is 2.00 bits per heavy atom. The van der Waals surface area contributed by atoms with Crippen LogP contribution in [0.3, 0.4) is 0 Å². The van der Waals surface area contributed by atoms with E-state index in [2.05, 4.69) is 23.8 Å². The molecular formula is C12H15N5O2. The van der Waals surface area contributed by atoms with E-state index in [1.54, 1.807) is 11.4 Å². The molecule has 1 N–H and O–H groups in total. The first-order valence-electron chi connectivity index (χ1n) is 6.10. The molecule has 3 heterocycles. The third kappa shape index (κ3) is 1.41. The van der Waals surface area contributed by atoms with Gasteiger partial charge in [-0.2, -0.15) is 4.98 Å². The summed E-state index contributed by atoms with van der Waals surface area (Å²) in [5.41, 5.74) is 0.961. The molecule has 0 atom stereocenters. The molecule has 3 aromatic rings. The summed E-state index contributed by atoms with van der Waals surface area (Å²) in [6.45, 7) is 6.07. The standard InChI is InChI=1S/C12H15N5O2/c1-6(2)17-7(3)5-16-8-9(13-11(16)17)15(4)12(19)14-10(8)18/h5-6H,1-4H3,(H,14,18,19). The molecule has 0 aliphatic carbocycles. The van der Waals surface area contributed by atoms with Crippen LogP contribution < -0.4 is 11.2 Å². The van der Waals surface area contributed by atoms with Crippen molar-refractivity contribution in [3.05, 3.63) is 32.7 Å². The molecule has 0 aromatic carbocycles. The molecule has 0 spiro atoms. The highest BCUT2D eigenvalue weighted by molar-refractivity contribution is 5.75. The summed E-state index contributed by atoms with van der Waals surface area (Å²) in [6, 6.07) is 0.227. The van der Waals surface area contributed by atoms with E-state index in [0.717, 1.165) is 5.69 Å². The summed E-state index contributed by atoms with van der Waals surface area (Å²) < 4.78 is 5.12. The predicted molar refractivity (Wildman–Crippen MR) is 71.7 cm³/mol. The summed E-state index contributed by atoms with van der Waals surface area (Å²) in [5.74, 6) is 0.675. The van der Waals surface area contributed by atoms with E-state index in [4.69, 9.17) is 0 Å². The minimum Gasteiger partial charge on any atom is -0.312 e. The lowest BCUT2D eigenvalue weighted by molar-refractivity contribution is 0.601. The van der Waals surface area contributed by atoms with Crippen LogP contribution in [0.25, 0.3) is 16.9 Å². The molecule has 19 heavy (non-hydrogen) atoms. The SMILES string of the molecule is Cc1cn2c3c(=O)[nH]c(=O)n(C)c3nc2n1C(C)C. The van der Waals surface area contributed by atoms with Gasteiger partial charge in [-0.3, -0.25) is 18.7 Å². The summed E-state index contributed by atoms with van der Waals surface area (Å²) in [7, 11) is 1.60. The third-order valence-electron chi connectivity index (χ3n) is 3.36. The summed E-state index contributed by atoms with van der Waals surface area (Å²) >= 11 is 0. The van der Waals surface area contributed by atoms with Crippen LogP contribution in [0, 0.1) is 6.92 Å². The van der Waals surface area contributed by atoms with Gasteiger partial charge in [0.25, 0.3) is 5.56 Å². The Hall–Kier alpha value is -2.31. The number of aryl methyl sites for hydroxylation is 2. The van der Waals surface area contributed by atoms with Crippen LogP contribution in [0.15, 0.2) is 15.8 Å². The molecular weight excluding hydrogens is 246 g/mol. The largest absolute Gasteiger partial charge is 0.329 e. The lowest BCUT2D eigenvalue weighted by Gasteiger charge is -2.08. The number of H-pyrrole nitrogens is 1. The Morgan fingerprint density at radius 1 is 1.32 bits per heavy atom. The van der Waals surface area contributed by atoms with Gasteiger partial charge < -0.3 is 4.57 Å². The number of nitrogens with one attached hydrogen (secondary N) is 1. The van der Waals surface area contributed by atoms with E-state index in [1.165, 1.54) is 4.57 Å². The quantitative estimate of drug-likeness (QED) is 0.695. The van der Waals surface area contributed by atoms with Crippen LogP contribution in [0.5, 0.6) is 0 Å². The smallest absolute Gasteiger partial charge is 0.312 e. The van der Waals surface area contributed by atoms with Crippen LogP contribution in [0.4, 0.5) is 0 Å². The number of hydrogen-bond acceptors (Lipinski definition) is 3. The maximum absolute atomic E-state index is 12.0. The van der Waals surface area contributed by atoms with Gasteiger partial charge in [0.2, 0.25) is 5.78 Å². The van der Waals surface area contributed by atoms with Gasteiger partial charge in [0, 0.05) is 25.0 Å². The molecule has 0 bridgehead atoms. The van der Waals surface area contributed by atoms with E-state index >= 15 is 0 Å². The Bertz CT molecular complexity index is 906. The summed E-state index contributed by atoms with van der Waals surface area (Å²) in [4.78, 5) is 30.3. The minimum atomic E-state index is -0.453. The highest BCUT2D eigenvalue weighted by Gasteiger charge is 2.18. The van der Waals surface area contributed by atoms with Crippen LogP contribution >= 0.6 is 0 Å². The molecule has 7 heteroatoms. The molecule has 3 aromatic heterocycles. The van der Waals surface area contributed by atoms with E-state index in [-0.39, 0.29) is 6.04 Å². The summed E-state index contributed by atoms with van der Waals surface area (Å²) in [5, 5.41) is 0. The van der Waals surface area contributed by atoms with Gasteiger partial charge in [0.1, 0.15) is 0 Å². The van der Waals surface area contributed by atoms with Crippen LogP contribution in [0.1, 0.15) is 25.6 Å². The van der Waals surface area contributed by atoms with Gasteiger partial charge in [-0.15, -0.1) is 0 Å². The molecule has 3 rings (SSSR count). The minimum absolute atomic E-state index is 0.227. The molecule has 7 nitrogen and oxygen atoms in total. The van der Waals surface area contributed by atoms with E-state index in [1.807, 2.05) is 17.7 Å². The third-order valence-corrected chi connectivity index (χ3v) is 3.36. The van der Waals surface area contributed by atoms with Gasteiger partial charge in [-0.05, 0) is 20.8 Å². The van der Waals surface area contributed by atoms with E-state index < -0.39 is 11.2 Å². The number of aromatic nitrogens is 5. The van der Waals surface area contributed by atoms with Crippen molar-refractivity contribution >= 4 is 16.9 Å². The molecule has 0 amide bonds. The van der Waals surface area contributed by atoms with Crippen molar-refractivity contribution in [1.29, 1.82) is 0 Å². The predicted octanol–water partition coefficient (Wildman–Crippen LogP) is 0.565. The average molecular weight is 261 g/mol. The van der Waals surface area contributed by atoms with Crippen molar-refractivity contribution in [3.8, 4) is 0 Å². The average Bonchev–Trinajstić information content (AvgIpc) is 2.79. The Kier molecular flexibility index (Phi) is 2.23. The Labute approximate surface area is 108 Å². The van der Waals surface area contributed by atoms with Crippen LogP contribution in [-0.2, 0) is 7.05 Å². The first-order chi connectivity index (χ1) is 8.91. The van der Waals surface area contributed by atoms with E-state index in [9.17, 15) is 9.59 Å². The van der Waals surface area contributed by atoms with E-state index in [0.29, 0.717) is 16.9 Å². The molecule has 0 aliphatic heterocycles. The number of aromatic amines is 1. The van der Waals surface area contributed by atoms with Crippen LogP contribution in [0.2, 0.25) is 0 Å². The highest BCUT2D eigenvalue weighted by atomic mass is 16.2. The topological polar surface area (TPSA) is 77.1 Å². The molecule has 0 fully saturated rings. The monoisotopic (exact) mass is 261 g/mol. The second-order valence-corrected chi connectivity index (χ2v) is 5.01. The zero-order valence-corrected chi connectivity index (χ0v) is 11.3.